The van der Waals surface area contributed by atoms with E-state index >= 15 is 0 Å². The van der Waals surface area contributed by atoms with Gasteiger partial charge in [-0.2, -0.15) is 0 Å². The predicted molar refractivity (Wildman–Crippen MR) is 108 cm³/mol. The zero-order valence-electron chi connectivity index (χ0n) is 17.0. The van der Waals surface area contributed by atoms with Crippen LogP contribution in [-0.2, 0) is 4.79 Å². The molecule has 0 bridgehead atoms. The van der Waals surface area contributed by atoms with E-state index in [1.807, 2.05) is 36.1 Å². The van der Waals surface area contributed by atoms with E-state index in [4.69, 9.17) is 4.74 Å². The third kappa shape index (κ3) is 4.18. The largest absolute Gasteiger partial charge is 0.493 e. The summed E-state index contributed by atoms with van der Waals surface area (Å²) in [5, 5.41) is 0. The Bertz CT molecular complexity index is 720. The van der Waals surface area contributed by atoms with Crippen molar-refractivity contribution in [3.63, 3.8) is 0 Å². The maximum Gasteiger partial charge on any atom is 0.257 e. The highest BCUT2D eigenvalue weighted by Gasteiger charge is 2.40. The van der Waals surface area contributed by atoms with Crippen molar-refractivity contribution in [1.29, 1.82) is 0 Å². The number of likely N-dealkylation sites (tertiary alicyclic amines) is 2. The lowest BCUT2D eigenvalue weighted by molar-refractivity contribution is -0.130. The number of piperidine rings is 1. The lowest BCUT2D eigenvalue weighted by Crippen LogP contribution is -2.43. The molecule has 1 aromatic carbocycles. The first kappa shape index (κ1) is 19.3. The average molecular weight is 385 g/mol. The van der Waals surface area contributed by atoms with Crippen molar-refractivity contribution in [3.05, 3.63) is 29.8 Å². The summed E-state index contributed by atoms with van der Waals surface area (Å²) in [5.74, 6) is 1.83. The van der Waals surface area contributed by atoms with Gasteiger partial charge in [-0.05, 0) is 68.9 Å². The fourth-order valence-electron chi connectivity index (χ4n) is 4.74. The van der Waals surface area contributed by atoms with Gasteiger partial charge >= 0.3 is 0 Å². The maximum absolute atomic E-state index is 13.1. The minimum Gasteiger partial charge on any atom is -0.493 e. The van der Waals surface area contributed by atoms with Gasteiger partial charge in [0.05, 0.1) is 12.2 Å². The van der Waals surface area contributed by atoms with Gasteiger partial charge in [0.25, 0.3) is 5.91 Å². The molecule has 2 amide bonds. The van der Waals surface area contributed by atoms with E-state index in [1.54, 1.807) is 0 Å². The molecule has 0 radical (unpaired) electrons. The van der Waals surface area contributed by atoms with E-state index in [9.17, 15) is 9.59 Å². The Hall–Kier alpha value is -2.04. The summed E-state index contributed by atoms with van der Waals surface area (Å²) in [5.41, 5.74) is 0.886. The lowest BCUT2D eigenvalue weighted by atomic mass is 9.73. The molecule has 1 aliphatic carbocycles. The molecule has 4 rings (SSSR count). The van der Waals surface area contributed by atoms with Crippen molar-refractivity contribution in [2.24, 2.45) is 11.3 Å². The summed E-state index contributed by atoms with van der Waals surface area (Å²) in [6, 6.07) is 7.53. The normalized spacial score (nSPS) is 22.2. The van der Waals surface area contributed by atoms with Crippen LogP contribution in [0.1, 0.15) is 62.2 Å². The molecule has 152 valence electrons. The quantitative estimate of drug-likeness (QED) is 0.777. The monoisotopic (exact) mass is 384 g/mol. The van der Waals surface area contributed by atoms with Crippen LogP contribution in [0.5, 0.6) is 5.75 Å². The van der Waals surface area contributed by atoms with E-state index in [2.05, 4.69) is 4.90 Å². The van der Waals surface area contributed by atoms with Crippen LogP contribution in [-0.4, -0.2) is 54.4 Å². The fraction of sp³-hybridized carbons (Fsp3) is 0.652. The molecule has 3 aliphatic rings. The van der Waals surface area contributed by atoms with Gasteiger partial charge in [-0.3, -0.25) is 9.59 Å². The van der Waals surface area contributed by atoms with Crippen LogP contribution in [0.4, 0.5) is 0 Å². The van der Waals surface area contributed by atoms with Crippen molar-refractivity contribution >= 4 is 11.8 Å². The first-order valence-corrected chi connectivity index (χ1v) is 10.9. The second kappa shape index (κ2) is 8.14. The van der Waals surface area contributed by atoms with E-state index < -0.39 is 0 Å². The van der Waals surface area contributed by atoms with Crippen LogP contribution in [0.25, 0.3) is 0 Å². The second-order valence-electron chi connectivity index (χ2n) is 8.75. The molecule has 5 nitrogen and oxygen atoms in total. The first-order chi connectivity index (χ1) is 13.6. The van der Waals surface area contributed by atoms with Crippen molar-refractivity contribution in [3.8, 4) is 5.75 Å². The van der Waals surface area contributed by atoms with Gasteiger partial charge in [0.2, 0.25) is 5.91 Å². The predicted octanol–water partition coefficient (Wildman–Crippen LogP) is 3.73. The summed E-state index contributed by atoms with van der Waals surface area (Å²) in [4.78, 5) is 29.6. The number of carbonyl (C=O) groups excluding carboxylic acids is 2. The Labute approximate surface area is 168 Å². The third-order valence-corrected chi connectivity index (χ3v) is 6.84. The van der Waals surface area contributed by atoms with E-state index in [-0.39, 0.29) is 11.3 Å². The summed E-state index contributed by atoms with van der Waals surface area (Å²) in [6.07, 6.45) is 7.31. The molecule has 2 aliphatic heterocycles. The summed E-state index contributed by atoms with van der Waals surface area (Å²) in [6.45, 7) is 5.90. The molecule has 1 saturated carbocycles. The molecule has 3 fully saturated rings. The zero-order valence-corrected chi connectivity index (χ0v) is 17.0. The maximum atomic E-state index is 13.1. The Morgan fingerprint density at radius 3 is 2.54 bits per heavy atom. The van der Waals surface area contributed by atoms with Crippen LogP contribution in [0.3, 0.4) is 0 Å². The number of benzene rings is 1. The number of hydrogen-bond donors (Lipinski definition) is 0. The van der Waals surface area contributed by atoms with Crippen LogP contribution in [0.15, 0.2) is 24.3 Å². The number of hydrogen-bond acceptors (Lipinski definition) is 3. The second-order valence-corrected chi connectivity index (χ2v) is 8.75. The number of ether oxygens (including phenoxy) is 1. The highest BCUT2D eigenvalue weighted by atomic mass is 16.5. The topological polar surface area (TPSA) is 49.9 Å². The summed E-state index contributed by atoms with van der Waals surface area (Å²) in [7, 11) is 0. The molecule has 5 heteroatoms. The van der Waals surface area contributed by atoms with Crippen molar-refractivity contribution < 1.29 is 14.3 Å². The number of carbonyl (C=O) groups is 2. The van der Waals surface area contributed by atoms with Crippen molar-refractivity contribution in [1.82, 2.24) is 9.80 Å². The van der Waals surface area contributed by atoms with Gasteiger partial charge in [0.15, 0.2) is 0 Å². The Morgan fingerprint density at radius 1 is 1.11 bits per heavy atom. The molecule has 28 heavy (non-hydrogen) atoms. The molecule has 1 spiro atoms. The molecule has 0 aromatic heterocycles. The van der Waals surface area contributed by atoms with Gasteiger partial charge < -0.3 is 14.5 Å². The first-order valence-electron chi connectivity index (χ1n) is 10.9. The molecule has 0 N–H and O–H groups in total. The van der Waals surface area contributed by atoms with Crippen molar-refractivity contribution in [2.75, 3.05) is 32.8 Å². The summed E-state index contributed by atoms with van der Waals surface area (Å²) < 4.78 is 5.65. The minimum atomic E-state index is 0.0685. The van der Waals surface area contributed by atoms with E-state index in [1.165, 1.54) is 12.8 Å². The minimum absolute atomic E-state index is 0.0685. The number of para-hydroxylation sites is 1. The van der Waals surface area contributed by atoms with Gasteiger partial charge in [-0.25, -0.2) is 0 Å². The fourth-order valence-corrected chi connectivity index (χ4v) is 4.74. The molecule has 1 aromatic rings. The Balaban J connectivity index is 1.37. The molecule has 2 heterocycles. The molecule has 2 saturated heterocycles. The standard InChI is InChI=1S/C23H32N2O3/c1-2-28-20-6-4-3-5-19(20)22(27)24-14-11-23(12-15-24)10-9-21(26)25(16-13-23)17-18-7-8-18/h3-6,18H,2,7-17H2,1H3. The van der Waals surface area contributed by atoms with Crippen LogP contribution in [0, 0.1) is 11.3 Å². The van der Waals surface area contributed by atoms with Crippen LogP contribution < -0.4 is 4.74 Å². The number of nitrogens with zero attached hydrogens (tertiary/aromatic N) is 2. The SMILES string of the molecule is CCOc1ccccc1C(=O)N1CCC2(CCC(=O)N(CC3CC3)CC2)CC1. The molecule has 0 atom stereocenters. The zero-order chi connectivity index (χ0) is 19.6. The van der Waals surface area contributed by atoms with Gasteiger partial charge in [0.1, 0.15) is 5.75 Å². The molecule has 0 unspecified atom stereocenters. The van der Waals surface area contributed by atoms with Gasteiger partial charge in [-0.15, -0.1) is 0 Å². The summed E-state index contributed by atoms with van der Waals surface area (Å²) >= 11 is 0. The number of amides is 2. The molecular weight excluding hydrogens is 352 g/mol. The van der Waals surface area contributed by atoms with E-state index in [0.717, 1.165) is 57.8 Å². The smallest absolute Gasteiger partial charge is 0.257 e. The average Bonchev–Trinajstić information content (AvgIpc) is 3.55. The Morgan fingerprint density at radius 2 is 1.82 bits per heavy atom. The van der Waals surface area contributed by atoms with Crippen LogP contribution >= 0.6 is 0 Å². The van der Waals surface area contributed by atoms with E-state index in [0.29, 0.717) is 30.2 Å². The van der Waals surface area contributed by atoms with Gasteiger partial charge in [0, 0.05) is 32.6 Å². The number of rotatable bonds is 5. The van der Waals surface area contributed by atoms with Crippen molar-refractivity contribution in [2.45, 2.75) is 51.9 Å². The lowest BCUT2D eigenvalue weighted by Gasteiger charge is -2.41. The van der Waals surface area contributed by atoms with Gasteiger partial charge in [-0.1, -0.05) is 12.1 Å². The third-order valence-electron chi connectivity index (χ3n) is 6.84. The molecular formula is C23H32N2O3. The highest BCUT2D eigenvalue weighted by molar-refractivity contribution is 5.97. The highest BCUT2D eigenvalue weighted by Crippen LogP contribution is 2.42. The Kier molecular flexibility index (Phi) is 5.61. The van der Waals surface area contributed by atoms with Crippen LogP contribution in [0.2, 0.25) is 0 Å².